The average molecular weight is 1050 g/mol. The first kappa shape index (κ1) is 71.7. The van der Waals surface area contributed by atoms with E-state index in [4.69, 9.17) is 9.05 Å². The Kier molecular flexibility index (Phi) is 54.5. The van der Waals surface area contributed by atoms with Gasteiger partial charge in [-0.3, -0.25) is 13.8 Å². The van der Waals surface area contributed by atoms with Crippen molar-refractivity contribution >= 4 is 13.7 Å². The number of rotatable bonds is 59. The molecule has 0 aliphatic carbocycles. The van der Waals surface area contributed by atoms with E-state index in [1.165, 1.54) is 257 Å². The Bertz CT molecular complexity index is 1280. The minimum atomic E-state index is -4.36. The van der Waals surface area contributed by atoms with E-state index in [0.717, 1.165) is 38.5 Å². The quantitative estimate of drug-likeness (QED) is 0.0243. The van der Waals surface area contributed by atoms with E-state index in [9.17, 15) is 19.4 Å². The number of likely N-dealkylation sites (N-methyl/N-ethyl adjacent to an activating group) is 1. The average Bonchev–Trinajstić information content (AvgIpc) is 3.35. The zero-order valence-electron chi connectivity index (χ0n) is 49.4. The predicted octanol–water partition coefficient (Wildman–Crippen LogP) is 19.7. The normalized spacial score (nSPS) is 14.0. The van der Waals surface area contributed by atoms with Crippen molar-refractivity contribution < 1.29 is 32.9 Å². The van der Waals surface area contributed by atoms with Gasteiger partial charge in [0.05, 0.1) is 39.9 Å². The number of hydrogen-bond acceptors (Lipinski definition) is 5. The van der Waals surface area contributed by atoms with Gasteiger partial charge in [0.25, 0.3) is 0 Å². The van der Waals surface area contributed by atoms with E-state index < -0.39 is 20.0 Å². The lowest BCUT2D eigenvalue weighted by atomic mass is 10.0. The third-order valence-corrected chi connectivity index (χ3v) is 15.6. The summed E-state index contributed by atoms with van der Waals surface area (Å²) in [6.07, 6.45) is 72.7. The molecule has 0 saturated carbocycles. The third kappa shape index (κ3) is 58.2. The fourth-order valence-electron chi connectivity index (χ4n) is 9.59. The first-order chi connectivity index (χ1) is 35.5. The highest BCUT2D eigenvalue weighted by Crippen LogP contribution is 2.43. The van der Waals surface area contributed by atoms with Crippen LogP contribution in [0.1, 0.15) is 316 Å². The van der Waals surface area contributed by atoms with Crippen LogP contribution < -0.4 is 5.32 Å². The first-order valence-corrected chi connectivity index (χ1v) is 33.4. The minimum absolute atomic E-state index is 0.0572. The first-order valence-electron chi connectivity index (χ1n) is 31.9. The summed E-state index contributed by atoms with van der Waals surface area (Å²) in [6, 6.07) is -0.864. The van der Waals surface area contributed by atoms with E-state index in [0.29, 0.717) is 17.4 Å². The maximum absolute atomic E-state index is 13.0. The predicted molar refractivity (Wildman–Crippen MR) is 318 cm³/mol. The molecule has 73 heavy (non-hydrogen) atoms. The molecule has 0 aliphatic rings. The Morgan fingerprint density at radius 1 is 0.452 bits per heavy atom. The molecular formula is C64H126N2O6P+. The molecule has 0 fully saturated rings. The Morgan fingerprint density at radius 3 is 1.10 bits per heavy atom. The highest BCUT2D eigenvalue weighted by molar-refractivity contribution is 7.47. The smallest absolute Gasteiger partial charge is 0.387 e. The largest absolute Gasteiger partial charge is 0.472 e. The van der Waals surface area contributed by atoms with Crippen LogP contribution in [0.3, 0.4) is 0 Å². The van der Waals surface area contributed by atoms with Gasteiger partial charge in [0.15, 0.2) is 0 Å². The number of hydrogen-bond donors (Lipinski definition) is 3. The highest BCUT2D eigenvalue weighted by Gasteiger charge is 2.27. The second-order valence-electron chi connectivity index (χ2n) is 23.1. The summed E-state index contributed by atoms with van der Waals surface area (Å²) in [5, 5.41) is 14.0. The summed E-state index contributed by atoms with van der Waals surface area (Å²) >= 11 is 0. The van der Waals surface area contributed by atoms with Crippen LogP contribution in [0.25, 0.3) is 0 Å². The number of carbonyl (C=O) groups excluding carboxylic acids is 1. The maximum atomic E-state index is 13.0. The second-order valence-corrected chi connectivity index (χ2v) is 24.6. The third-order valence-electron chi connectivity index (χ3n) is 14.6. The van der Waals surface area contributed by atoms with Crippen LogP contribution in [-0.2, 0) is 18.4 Å². The van der Waals surface area contributed by atoms with E-state index in [2.05, 4.69) is 43.5 Å². The lowest BCUT2D eigenvalue weighted by Gasteiger charge is -2.25. The summed E-state index contributed by atoms with van der Waals surface area (Å²) in [4.78, 5) is 23.4. The Balaban J connectivity index is 4.15. The van der Waals surface area contributed by atoms with Crippen molar-refractivity contribution in [3.8, 4) is 0 Å². The van der Waals surface area contributed by atoms with Gasteiger partial charge in [-0.2, -0.15) is 0 Å². The molecule has 0 spiro atoms. The number of allylic oxidation sites excluding steroid dienone is 5. The number of unbranched alkanes of at least 4 members (excludes halogenated alkanes) is 42. The second kappa shape index (κ2) is 55.5. The summed E-state index contributed by atoms with van der Waals surface area (Å²) in [6.45, 7) is 4.84. The van der Waals surface area contributed by atoms with Gasteiger partial charge in [-0.1, -0.05) is 288 Å². The van der Waals surface area contributed by atoms with Crippen LogP contribution in [0.5, 0.6) is 0 Å². The number of phosphoric acid groups is 1. The molecule has 9 heteroatoms. The van der Waals surface area contributed by atoms with Crippen molar-refractivity contribution in [2.24, 2.45) is 0 Å². The van der Waals surface area contributed by atoms with Crippen LogP contribution in [0.4, 0.5) is 0 Å². The van der Waals surface area contributed by atoms with Crippen molar-refractivity contribution in [2.75, 3.05) is 40.9 Å². The zero-order chi connectivity index (χ0) is 53.5. The van der Waals surface area contributed by atoms with Gasteiger partial charge in [-0.15, -0.1) is 0 Å². The van der Waals surface area contributed by atoms with Gasteiger partial charge in [0.2, 0.25) is 5.91 Å². The molecule has 432 valence electrons. The van der Waals surface area contributed by atoms with Crippen molar-refractivity contribution in [2.45, 2.75) is 328 Å². The van der Waals surface area contributed by atoms with Gasteiger partial charge >= 0.3 is 7.82 Å². The molecule has 3 atom stereocenters. The van der Waals surface area contributed by atoms with Crippen LogP contribution >= 0.6 is 7.82 Å². The fourth-order valence-corrected chi connectivity index (χ4v) is 10.3. The van der Waals surface area contributed by atoms with E-state index in [1.54, 1.807) is 6.08 Å². The maximum Gasteiger partial charge on any atom is 0.472 e. The molecule has 0 aromatic carbocycles. The van der Waals surface area contributed by atoms with Crippen molar-refractivity contribution in [1.82, 2.24) is 5.32 Å². The summed E-state index contributed by atoms with van der Waals surface area (Å²) in [5.74, 6) is -0.183. The Hall–Kier alpha value is -1.28. The lowest BCUT2D eigenvalue weighted by Crippen LogP contribution is -2.45. The van der Waals surface area contributed by atoms with E-state index in [-0.39, 0.29) is 19.1 Å². The summed E-state index contributed by atoms with van der Waals surface area (Å²) in [7, 11) is 1.57. The number of aliphatic hydroxyl groups is 1. The van der Waals surface area contributed by atoms with Crippen LogP contribution in [0.15, 0.2) is 36.5 Å². The zero-order valence-corrected chi connectivity index (χ0v) is 50.3. The number of nitrogens with one attached hydrogen (secondary N) is 1. The molecular weight excluding hydrogens is 924 g/mol. The van der Waals surface area contributed by atoms with Crippen molar-refractivity contribution in [3.05, 3.63) is 36.5 Å². The molecule has 1 amide bonds. The van der Waals surface area contributed by atoms with Gasteiger partial charge in [0, 0.05) is 6.42 Å². The fraction of sp³-hybridized carbons (Fsp3) is 0.891. The number of amides is 1. The van der Waals surface area contributed by atoms with E-state index in [1.807, 2.05) is 27.2 Å². The van der Waals surface area contributed by atoms with Crippen molar-refractivity contribution in [1.29, 1.82) is 0 Å². The van der Waals surface area contributed by atoms with Gasteiger partial charge in [-0.05, 0) is 57.8 Å². The topological polar surface area (TPSA) is 105 Å². The summed E-state index contributed by atoms with van der Waals surface area (Å²) in [5.41, 5.74) is 0. The molecule has 3 N–H and O–H groups in total. The molecule has 0 saturated heterocycles. The van der Waals surface area contributed by atoms with Crippen molar-refractivity contribution in [3.63, 3.8) is 0 Å². The monoisotopic (exact) mass is 1050 g/mol. The molecule has 0 heterocycles. The number of quaternary nitrogens is 1. The number of aliphatic hydroxyl groups excluding tert-OH is 1. The molecule has 0 rings (SSSR count). The molecule has 0 aliphatic heterocycles. The van der Waals surface area contributed by atoms with Crippen LogP contribution in [0.2, 0.25) is 0 Å². The number of phosphoric ester groups is 1. The summed E-state index contributed by atoms with van der Waals surface area (Å²) < 4.78 is 23.7. The lowest BCUT2D eigenvalue weighted by molar-refractivity contribution is -0.870. The van der Waals surface area contributed by atoms with Crippen LogP contribution in [0, 0.1) is 0 Å². The molecule has 8 nitrogen and oxygen atoms in total. The molecule has 0 bridgehead atoms. The molecule has 3 unspecified atom stereocenters. The molecule has 0 aromatic heterocycles. The standard InChI is InChI=1S/C64H125N2O6P/c1-6-8-10-12-14-16-18-20-22-24-26-28-30-31-32-33-34-36-38-40-42-44-46-48-50-52-54-56-58-64(68)65-62(61-72-73(69,70)71-60-59-66(3,4)5)63(67)57-55-53-51-49-47-45-43-41-39-37-35-29-27-25-23-21-19-17-15-13-11-9-7-2/h31-32,47,49,55,57,62-63,67H,6-30,33-46,48,50-54,56,58-61H2,1-5H3,(H-,65,68,69,70)/p+1/b32-31-,49-47+,57-55+. The van der Waals surface area contributed by atoms with Crippen LogP contribution in [-0.4, -0.2) is 73.4 Å². The SMILES string of the molecule is CCCCCCCCCCCCCC/C=C\CCCCCCCCCCCCCCC(=O)NC(COP(=O)(O)OCC[N+](C)(C)C)C(O)/C=C/CC/C=C/CCCCCCCCCCCCCCCCCCC. The van der Waals surface area contributed by atoms with Gasteiger partial charge in [0.1, 0.15) is 13.2 Å². The van der Waals surface area contributed by atoms with E-state index >= 15 is 0 Å². The van der Waals surface area contributed by atoms with Gasteiger partial charge < -0.3 is 19.8 Å². The molecule has 0 radical (unpaired) electrons. The Labute approximate surface area is 455 Å². The Morgan fingerprint density at radius 2 is 0.753 bits per heavy atom. The number of nitrogens with zero attached hydrogens (tertiary/aromatic N) is 1. The van der Waals surface area contributed by atoms with Gasteiger partial charge in [-0.25, -0.2) is 4.57 Å². The minimum Gasteiger partial charge on any atom is -0.387 e. The highest BCUT2D eigenvalue weighted by atomic mass is 31.2. The number of carbonyl (C=O) groups is 1. The molecule has 0 aromatic rings.